The minimum Gasteiger partial charge on any atom is -1.00 e. The van der Waals surface area contributed by atoms with Crippen LogP contribution < -0.4 is 97.1 Å². The van der Waals surface area contributed by atoms with Gasteiger partial charge in [0.05, 0.1) is 36.0 Å². The molecule has 1 aliphatic carbocycles. The number of benzene rings is 8. The van der Waals surface area contributed by atoms with Crippen LogP contribution >= 0.6 is 0 Å². The number of rotatable bonds is 24. The van der Waals surface area contributed by atoms with E-state index in [1.54, 1.807) is 13.2 Å². The van der Waals surface area contributed by atoms with Gasteiger partial charge in [-0.05, 0) is 184 Å². The summed E-state index contributed by atoms with van der Waals surface area (Å²) >= 11 is 0. The Kier molecular flexibility index (Phi) is 32.1. The molecule has 112 heavy (non-hydrogen) atoms. The minimum atomic E-state index is -4.62. The van der Waals surface area contributed by atoms with Crippen molar-refractivity contribution in [3.63, 3.8) is 0 Å². The maximum Gasteiger partial charge on any atom is 1.00 e. The van der Waals surface area contributed by atoms with Gasteiger partial charge >= 0.3 is 64.9 Å². The van der Waals surface area contributed by atoms with Crippen molar-refractivity contribution >= 4 is 68.6 Å². The molecule has 0 N–H and O–H groups in total. The van der Waals surface area contributed by atoms with Crippen LogP contribution in [0.25, 0.3) is 10.8 Å². The van der Waals surface area contributed by atoms with Gasteiger partial charge in [-0.1, -0.05) is 183 Å². The van der Waals surface area contributed by atoms with Gasteiger partial charge in [-0.15, -0.1) is 0 Å². The minimum absolute atomic E-state index is 0. The Labute approximate surface area is 715 Å². The molecule has 0 spiro atoms. The zero-order chi connectivity index (χ0) is 77.2. The quantitative estimate of drug-likeness (QED) is 0.0110. The Morgan fingerprint density at radius 3 is 1.85 bits per heavy atom. The number of esters is 1. The fraction of sp³-hybridized carbons (Fsp3) is 0.337. The number of carbonyl (C=O) groups is 1. The van der Waals surface area contributed by atoms with Crippen molar-refractivity contribution in [2.45, 2.75) is 155 Å². The van der Waals surface area contributed by atoms with E-state index in [0.717, 1.165) is 91.5 Å². The average molecular weight is 1630 g/mol. The molecule has 8 aromatic rings. The van der Waals surface area contributed by atoms with Crippen LogP contribution in [-0.4, -0.2) is 93.6 Å². The zero-order valence-corrected chi connectivity index (χ0v) is 71.7. The van der Waals surface area contributed by atoms with Gasteiger partial charge in [0.1, 0.15) is 40.6 Å². The predicted molar refractivity (Wildman–Crippen MR) is 438 cm³/mol. The van der Waals surface area contributed by atoms with Gasteiger partial charge in [0.15, 0.2) is 24.5 Å². The molecule has 0 fully saturated rings. The third-order valence-corrected chi connectivity index (χ3v) is 22.2. The molecule has 8 aromatic carbocycles. The molecule has 0 unspecified atom stereocenters. The van der Waals surface area contributed by atoms with Crippen LogP contribution in [0.5, 0.6) is 17.2 Å². The van der Waals surface area contributed by atoms with Crippen molar-refractivity contribution in [1.82, 2.24) is 0 Å². The summed E-state index contributed by atoms with van der Waals surface area (Å²) in [7, 11) is -6.65. The summed E-state index contributed by atoms with van der Waals surface area (Å²) in [6.07, 6.45) is 23.0. The molecule has 5 aliphatic rings. The molecule has 0 atom stereocenters. The molecule has 0 saturated heterocycles. The summed E-state index contributed by atoms with van der Waals surface area (Å²) in [6.45, 7) is 29.4. The number of allylic oxidation sites excluding steroid dienone is 12. The van der Waals surface area contributed by atoms with Gasteiger partial charge in [-0.2, -0.15) is 9.15 Å². The van der Waals surface area contributed by atoms with E-state index in [0.29, 0.717) is 32.8 Å². The number of para-hydroxylation sites is 4. The number of anilines is 2. The topological polar surface area (TPSA) is 124 Å². The van der Waals surface area contributed by atoms with Crippen LogP contribution in [0.3, 0.4) is 0 Å². The molecule has 20 heteroatoms. The maximum absolute atomic E-state index is 12.0. The number of nitrogens with zero attached hydrogens (tertiary/aromatic N) is 4. The number of unbranched alkanes of at least 4 members (excludes halogenated alkanes) is 2. The summed E-state index contributed by atoms with van der Waals surface area (Å²) in [4.78, 5) is 16.6. The van der Waals surface area contributed by atoms with Crippen LogP contribution in [0.1, 0.15) is 150 Å². The number of fused-ring (bicyclic) bond motifs is 6. The van der Waals surface area contributed by atoms with Gasteiger partial charge in [-0.3, -0.25) is 17.7 Å². The molecule has 0 radical (unpaired) electrons. The fourth-order valence-corrected chi connectivity index (χ4v) is 16.7. The Hall–Kier alpha value is -7.92. The van der Waals surface area contributed by atoms with Crippen molar-refractivity contribution in [2.75, 3.05) is 56.4 Å². The van der Waals surface area contributed by atoms with E-state index >= 15 is 0 Å². The van der Waals surface area contributed by atoms with Gasteiger partial charge < -0.3 is 55.0 Å². The second kappa shape index (κ2) is 39.4. The Morgan fingerprint density at radius 2 is 1.19 bits per heavy atom. The maximum atomic E-state index is 12.0. The van der Waals surface area contributed by atoms with Gasteiger partial charge in [0, 0.05) is 87.5 Å². The Balaban J connectivity index is 0.000000287. The van der Waals surface area contributed by atoms with Crippen molar-refractivity contribution in [3.05, 3.63) is 287 Å². The van der Waals surface area contributed by atoms with E-state index in [9.17, 15) is 30.7 Å². The van der Waals surface area contributed by atoms with Gasteiger partial charge in [-0.25, -0.2) is 8.42 Å². The second-order valence-electron chi connectivity index (χ2n) is 31.0. The molecule has 13 rings (SSSR count). The van der Waals surface area contributed by atoms with Crippen LogP contribution in [0, 0.1) is 5.41 Å². The van der Waals surface area contributed by atoms with Gasteiger partial charge in [0.2, 0.25) is 11.4 Å². The summed E-state index contributed by atoms with van der Waals surface area (Å²) in [5, 5.41) is 2.47. The van der Waals surface area contributed by atoms with E-state index in [2.05, 4.69) is 210 Å². The first-order valence-electron chi connectivity index (χ1n) is 37.5. The first-order valence-corrected chi connectivity index (χ1v) is 38.9. The molecule has 4 heterocycles. The number of carbonyl (C=O) groups excluding carboxylic acids is 1. The van der Waals surface area contributed by atoms with Crippen molar-refractivity contribution in [1.29, 1.82) is 0 Å². The smallest absolute Gasteiger partial charge is 1.00 e. The Bertz CT molecular complexity index is 4980. The molecule has 4 aliphatic heterocycles. The standard InChI is InChI=1S/C46H51N2O2.C45H50N2O6S.CH4.BF3.BrH.FH.K/c1-44(2)32-34(30-42-45(3,4)38-21-13-15-23-40(38)47(42)25-27-49-36-17-9-7-10-18-36)29-35(33-44)31-43-46(5,6)39-22-14-16-24-41(39)48(43)26-28-50-37-19-11-8-12-20-37;1-7-53-42(48)20-12-9-15-29-46-39-27-23-33-16-13-14-17-36(33)43(39)45(4,5)41(46)19-11-8-10-18-40-44(2,3)37-30-35(54(49,50)51)26-28-38(37)47(40)31-32-21-24-34(52-6)25-22-32;;2-1(3)4;;;/h7-24,29-31H,25-28,32-33H2,1-6H3;8,10-11,13-14,16-19,21-28,30H,7,9,12,15,20,29,31H2,1-6H3;1H4;;2*1H;/q+1;;;;;;+1/p-2. The molecule has 586 valence electrons. The third-order valence-electron chi connectivity index (χ3n) is 21.3. The Morgan fingerprint density at radius 1 is 0.589 bits per heavy atom. The monoisotopic (exact) mass is 1630 g/mol. The van der Waals surface area contributed by atoms with Crippen LogP contribution in [0.2, 0.25) is 0 Å². The summed E-state index contributed by atoms with van der Waals surface area (Å²) in [5.74, 6) is 2.45. The molecule has 0 amide bonds. The number of hydrogen-bond acceptors (Lipinski definition) is 10. The van der Waals surface area contributed by atoms with E-state index in [-0.39, 0.29) is 113 Å². The number of ether oxygens (including phenoxy) is 4. The number of halogens is 5. The van der Waals surface area contributed by atoms with Crippen molar-refractivity contribution in [3.8, 4) is 17.2 Å². The molecule has 0 saturated carbocycles. The van der Waals surface area contributed by atoms with Gasteiger partial charge in [0.25, 0.3) is 0 Å². The van der Waals surface area contributed by atoms with Crippen molar-refractivity contribution < 1.29 is 132 Å². The first kappa shape index (κ1) is 91.3. The molecule has 0 aromatic heterocycles. The molecule has 12 nitrogen and oxygen atoms in total. The van der Waals surface area contributed by atoms with E-state index in [1.807, 2.05) is 104 Å². The summed E-state index contributed by atoms with van der Waals surface area (Å²) < 4.78 is 92.6. The van der Waals surface area contributed by atoms with E-state index < -0.39 is 23.1 Å². The molecular weight excluding hydrogens is 1530 g/mol. The first-order chi connectivity index (χ1) is 51.5. The van der Waals surface area contributed by atoms with Crippen LogP contribution in [0.4, 0.5) is 35.7 Å². The predicted octanol–water partition coefficient (Wildman–Crippen LogP) is 12.3. The van der Waals surface area contributed by atoms with Crippen molar-refractivity contribution in [2.24, 2.45) is 5.41 Å². The average Bonchev–Trinajstić information content (AvgIpc) is 1.59. The summed E-state index contributed by atoms with van der Waals surface area (Å²) in [5.41, 5.74) is 17.2. The van der Waals surface area contributed by atoms with Crippen LogP contribution in [-0.2, 0) is 47.9 Å². The number of methoxy groups -OCH3 is 1. The molecule has 0 bridgehead atoms. The molecular formula is C92H105BBrF4KN4O8S. The van der Waals surface area contributed by atoms with E-state index in [4.69, 9.17) is 18.9 Å². The number of hydrogen-bond donors (Lipinski definition) is 0. The SMILES string of the molecule is C.CC1(C)CC(/C=C2/N(CCOc3ccccc3)c3ccccc3C2(C)C)=CC(=C/C2=[N+](CCOc3ccccc3)c3ccccc3C2(C)C)/C1.CCOC(=O)CCCCCN1/C(=C/C=C/C=C/C2=[N+](Cc3ccc(OC)cc3)c3ccc(S(=O)(=O)[O-])cc3C2(C)C)C(C)(C)c2c1ccc1ccccc21.FB(F)F.[Br-].[F-].[K+]. The third kappa shape index (κ3) is 21.1. The normalized spacial score (nSPS) is 17.4. The van der Waals surface area contributed by atoms with Crippen LogP contribution in [0.15, 0.2) is 264 Å². The zero-order valence-electron chi connectivity index (χ0n) is 66.1. The second-order valence-corrected chi connectivity index (χ2v) is 32.4. The largest absolute Gasteiger partial charge is 1.00 e. The fourth-order valence-electron chi connectivity index (χ4n) is 16.2. The van der Waals surface area contributed by atoms with E-state index in [1.165, 1.54) is 84.9 Å². The summed E-state index contributed by atoms with van der Waals surface area (Å²) in [6, 6.07) is 63.6.